The van der Waals surface area contributed by atoms with Crippen molar-refractivity contribution < 1.29 is 4.79 Å². The fourth-order valence-electron chi connectivity index (χ4n) is 4.28. The summed E-state index contributed by atoms with van der Waals surface area (Å²) < 4.78 is 0. The zero-order valence-electron chi connectivity index (χ0n) is 21.1. The fraction of sp³-hybridized carbons (Fsp3) is 0.310. The lowest BCUT2D eigenvalue weighted by Crippen LogP contribution is -2.35. The summed E-state index contributed by atoms with van der Waals surface area (Å²) in [5.74, 6) is 0.820. The van der Waals surface area contributed by atoms with Gasteiger partial charge in [0.2, 0.25) is 5.95 Å². The van der Waals surface area contributed by atoms with E-state index >= 15 is 0 Å². The summed E-state index contributed by atoms with van der Waals surface area (Å²) in [7, 11) is 0. The van der Waals surface area contributed by atoms with Crippen molar-refractivity contribution in [1.29, 1.82) is 0 Å². The number of benzene rings is 1. The van der Waals surface area contributed by atoms with Gasteiger partial charge in [0.1, 0.15) is 5.69 Å². The Morgan fingerprint density at radius 1 is 1.08 bits per heavy atom. The molecule has 36 heavy (non-hydrogen) atoms. The zero-order chi connectivity index (χ0) is 25.3. The molecule has 0 fully saturated rings. The van der Waals surface area contributed by atoms with E-state index in [0.29, 0.717) is 24.1 Å². The van der Waals surface area contributed by atoms with Crippen LogP contribution in [0.15, 0.2) is 73.6 Å². The average Bonchev–Trinajstić information content (AvgIpc) is 3.34. The van der Waals surface area contributed by atoms with Crippen LogP contribution in [0.25, 0.3) is 22.3 Å². The molecule has 1 amide bonds. The summed E-state index contributed by atoms with van der Waals surface area (Å²) in [6.07, 6.45) is 9.69. The first-order valence-corrected chi connectivity index (χ1v) is 12.7. The van der Waals surface area contributed by atoms with Crippen LogP contribution in [0, 0.1) is 5.92 Å². The van der Waals surface area contributed by atoms with Gasteiger partial charge in [0.05, 0.1) is 11.4 Å². The van der Waals surface area contributed by atoms with Crippen molar-refractivity contribution in [2.24, 2.45) is 5.92 Å². The minimum Gasteiger partial charge on any atom is -0.351 e. The molecular weight excluding hydrogens is 448 g/mol. The molecule has 1 aromatic carbocycles. The molecule has 7 heteroatoms. The summed E-state index contributed by atoms with van der Waals surface area (Å²) in [5, 5.41) is 4.22. The number of hydrogen-bond acceptors (Lipinski definition) is 5. The van der Waals surface area contributed by atoms with E-state index in [1.165, 1.54) is 0 Å². The summed E-state index contributed by atoms with van der Waals surface area (Å²) in [5.41, 5.74) is 3.89. The highest BCUT2D eigenvalue weighted by Gasteiger charge is 2.20. The molecule has 2 N–H and O–H groups in total. The number of nitrogens with one attached hydrogen (secondary N) is 2. The molecule has 0 aliphatic heterocycles. The maximum Gasteiger partial charge on any atom is 0.270 e. The van der Waals surface area contributed by atoms with Crippen molar-refractivity contribution in [2.75, 3.05) is 18.4 Å². The molecule has 0 spiro atoms. The van der Waals surface area contributed by atoms with Gasteiger partial charge in [-0.15, -0.1) is 6.58 Å². The van der Waals surface area contributed by atoms with Crippen LogP contribution in [0.4, 0.5) is 11.6 Å². The van der Waals surface area contributed by atoms with Gasteiger partial charge in [-0.1, -0.05) is 38.8 Å². The van der Waals surface area contributed by atoms with E-state index in [0.717, 1.165) is 60.2 Å². The number of nitrogens with zero attached hydrogens (tertiary/aromatic N) is 4. The number of rotatable bonds is 12. The Balaban J connectivity index is 1.51. The molecular formula is C29H34N6O. The van der Waals surface area contributed by atoms with Crippen LogP contribution in [0.1, 0.15) is 50.0 Å². The number of pyridine rings is 1. The number of unbranched alkanes of at least 4 members (excludes halogenated alkanes) is 1. The monoisotopic (exact) mass is 482 g/mol. The topological polar surface area (TPSA) is 86.8 Å². The molecule has 0 aliphatic carbocycles. The number of amides is 1. The first kappa shape index (κ1) is 25.1. The van der Waals surface area contributed by atoms with E-state index in [1.54, 1.807) is 12.4 Å². The lowest BCUT2D eigenvalue weighted by Gasteiger charge is -2.25. The first-order chi connectivity index (χ1) is 17.6. The van der Waals surface area contributed by atoms with Crippen molar-refractivity contribution in [3.63, 3.8) is 0 Å². The Hall–Kier alpha value is -4.00. The largest absolute Gasteiger partial charge is 0.351 e. The zero-order valence-corrected chi connectivity index (χ0v) is 21.1. The Morgan fingerprint density at radius 2 is 1.97 bits per heavy atom. The third-order valence-electron chi connectivity index (χ3n) is 6.19. The summed E-state index contributed by atoms with van der Waals surface area (Å²) >= 11 is 0. The summed E-state index contributed by atoms with van der Waals surface area (Å²) in [4.78, 5) is 31.9. The molecule has 0 bridgehead atoms. The van der Waals surface area contributed by atoms with E-state index in [1.807, 2.05) is 59.5 Å². The third-order valence-corrected chi connectivity index (χ3v) is 6.19. The minimum atomic E-state index is 0.0253. The Labute approximate surface area is 212 Å². The highest BCUT2D eigenvalue weighted by Crippen LogP contribution is 2.24. The van der Waals surface area contributed by atoms with Gasteiger partial charge in [-0.2, -0.15) is 0 Å². The second kappa shape index (κ2) is 12.1. The van der Waals surface area contributed by atoms with E-state index < -0.39 is 0 Å². The number of anilines is 2. The highest BCUT2D eigenvalue weighted by molar-refractivity contribution is 5.98. The van der Waals surface area contributed by atoms with Gasteiger partial charge < -0.3 is 15.2 Å². The van der Waals surface area contributed by atoms with Crippen LogP contribution < -0.4 is 5.32 Å². The SMILES string of the molecule is C=CC(CCCC)CN(CCC)C(=O)c1cc2cc(Nc3nccc(-c4ccccn4)n3)ccc2[nH]1. The van der Waals surface area contributed by atoms with Crippen molar-refractivity contribution >= 4 is 28.4 Å². The molecule has 4 rings (SSSR count). The van der Waals surface area contributed by atoms with E-state index in [9.17, 15) is 4.79 Å². The predicted octanol–water partition coefficient (Wildman–Crippen LogP) is 6.61. The molecule has 0 aliphatic rings. The first-order valence-electron chi connectivity index (χ1n) is 12.7. The van der Waals surface area contributed by atoms with Crippen molar-refractivity contribution in [1.82, 2.24) is 24.8 Å². The van der Waals surface area contributed by atoms with Gasteiger partial charge in [0.15, 0.2) is 0 Å². The van der Waals surface area contributed by atoms with Gasteiger partial charge in [-0.3, -0.25) is 9.78 Å². The maximum atomic E-state index is 13.4. The van der Waals surface area contributed by atoms with Gasteiger partial charge >= 0.3 is 0 Å². The van der Waals surface area contributed by atoms with Crippen LogP contribution in [-0.4, -0.2) is 43.8 Å². The molecule has 1 unspecified atom stereocenters. The molecule has 1 atom stereocenters. The summed E-state index contributed by atoms with van der Waals surface area (Å²) in [6, 6.07) is 15.4. The van der Waals surface area contributed by atoms with Crippen molar-refractivity contribution in [2.45, 2.75) is 39.5 Å². The molecule has 3 aromatic heterocycles. The molecule has 0 saturated heterocycles. The van der Waals surface area contributed by atoms with Crippen LogP contribution in [0.3, 0.4) is 0 Å². The average molecular weight is 483 g/mol. The Kier molecular flexibility index (Phi) is 8.44. The number of fused-ring (bicyclic) bond motifs is 1. The van der Waals surface area contributed by atoms with Crippen LogP contribution in [0.5, 0.6) is 0 Å². The number of carbonyl (C=O) groups excluding carboxylic acids is 1. The predicted molar refractivity (Wildman–Crippen MR) is 146 cm³/mol. The van der Waals surface area contributed by atoms with Gasteiger partial charge in [0.25, 0.3) is 5.91 Å². The number of hydrogen-bond donors (Lipinski definition) is 2. The Bertz CT molecular complexity index is 1300. The maximum absolute atomic E-state index is 13.4. The summed E-state index contributed by atoms with van der Waals surface area (Å²) in [6.45, 7) is 9.70. The normalized spacial score (nSPS) is 11.8. The minimum absolute atomic E-state index is 0.0253. The van der Waals surface area contributed by atoms with Crippen molar-refractivity contribution in [3.05, 3.63) is 79.3 Å². The van der Waals surface area contributed by atoms with E-state index in [-0.39, 0.29) is 5.91 Å². The van der Waals surface area contributed by atoms with Gasteiger partial charge in [-0.05, 0) is 61.2 Å². The van der Waals surface area contributed by atoms with Gasteiger partial charge in [-0.25, -0.2) is 9.97 Å². The quantitative estimate of drug-likeness (QED) is 0.222. The number of carbonyl (C=O) groups is 1. The van der Waals surface area contributed by atoms with E-state index in [4.69, 9.17) is 0 Å². The second-order valence-electron chi connectivity index (χ2n) is 8.98. The van der Waals surface area contributed by atoms with Crippen LogP contribution in [-0.2, 0) is 0 Å². The van der Waals surface area contributed by atoms with Crippen molar-refractivity contribution in [3.8, 4) is 11.4 Å². The molecule has 4 aromatic rings. The molecule has 0 radical (unpaired) electrons. The van der Waals surface area contributed by atoms with Crippen LogP contribution >= 0.6 is 0 Å². The molecule has 7 nitrogen and oxygen atoms in total. The van der Waals surface area contributed by atoms with Gasteiger partial charge in [0, 0.05) is 42.1 Å². The molecule has 3 heterocycles. The third kappa shape index (κ3) is 6.16. The molecule has 186 valence electrons. The lowest BCUT2D eigenvalue weighted by atomic mass is 10.0. The number of aromatic amines is 1. The smallest absolute Gasteiger partial charge is 0.270 e. The lowest BCUT2D eigenvalue weighted by molar-refractivity contribution is 0.0731. The second-order valence-corrected chi connectivity index (χ2v) is 8.98. The standard InChI is InChI=1S/C29H34N6O/c1-4-7-10-21(6-3)20-35(17-5-2)28(36)27-19-22-18-23(12-13-24(22)33-27)32-29-31-16-14-26(34-29)25-11-8-9-15-30-25/h6,8-9,11-16,18-19,21,33H,3-5,7,10,17,20H2,1-2H3,(H,31,32,34). The Morgan fingerprint density at radius 3 is 2.72 bits per heavy atom. The highest BCUT2D eigenvalue weighted by atomic mass is 16.2. The number of aromatic nitrogens is 4. The van der Waals surface area contributed by atoms with E-state index in [2.05, 4.69) is 45.7 Å². The van der Waals surface area contributed by atoms with Crippen LogP contribution in [0.2, 0.25) is 0 Å². The number of H-pyrrole nitrogens is 1. The fourth-order valence-corrected chi connectivity index (χ4v) is 4.28. The molecule has 0 saturated carbocycles.